The lowest BCUT2D eigenvalue weighted by Gasteiger charge is -2.12. The zero-order chi connectivity index (χ0) is 13.7. The third-order valence-corrected chi connectivity index (χ3v) is 2.55. The normalized spacial score (nSPS) is 9.84. The van der Waals surface area contributed by atoms with Crippen LogP contribution in [0.5, 0.6) is 11.5 Å². The van der Waals surface area contributed by atoms with E-state index in [1.807, 2.05) is 18.2 Å². The molecule has 2 aromatic rings. The van der Waals surface area contributed by atoms with Crippen LogP contribution in [0.2, 0.25) is 0 Å². The van der Waals surface area contributed by atoms with E-state index in [9.17, 15) is 0 Å². The Bertz CT molecular complexity index is 560. The molecule has 6 heteroatoms. The summed E-state index contributed by atoms with van der Waals surface area (Å²) in [7, 11) is 5.00. The van der Waals surface area contributed by atoms with E-state index >= 15 is 0 Å². The molecule has 0 radical (unpaired) electrons. The summed E-state index contributed by atoms with van der Waals surface area (Å²) in [6.45, 7) is 0. The fraction of sp³-hybridized carbons (Fsp3) is 0.231. The maximum Gasteiger partial charge on any atom is 0.224 e. The maximum absolute atomic E-state index is 5.32. The third-order valence-electron chi connectivity index (χ3n) is 2.55. The van der Waals surface area contributed by atoms with Crippen molar-refractivity contribution in [3.63, 3.8) is 0 Å². The van der Waals surface area contributed by atoms with Crippen LogP contribution in [-0.4, -0.2) is 31.2 Å². The highest BCUT2D eigenvalue weighted by molar-refractivity contribution is 5.66. The average molecular weight is 260 g/mol. The number of benzene rings is 1. The Morgan fingerprint density at radius 2 is 1.95 bits per heavy atom. The zero-order valence-corrected chi connectivity index (χ0v) is 11.1. The molecule has 19 heavy (non-hydrogen) atoms. The van der Waals surface area contributed by atoms with Crippen molar-refractivity contribution in [2.75, 3.05) is 31.9 Å². The smallest absolute Gasteiger partial charge is 0.224 e. The molecule has 1 heterocycles. The second-order valence-electron chi connectivity index (χ2n) is 3.71. The molecule has 0 saturated heterocycles. The predicted molar refractivity (Wildman–Crippen MR) is 74.4 cm³/mol. The van der Waals surface area contributed by atoms with Gasteiger partial charge in [0.1, 0.15) is 17.3 Å². The van der Waals surface area contributed by atoms with Crippen LogP contribution in [0.4, 0.5) is 17.5 Å². The minimum atomic E-state index is 0.553. The summed E-state index contributed by atoms with van der Waals surface area (Å²) < 4.78 is 10.5. The van der Waals surface area contributed by atoms with Crippen LogP contribution in [0, 0.1) is 0 Å². The summed E-state index contributed by atoms with van der Waals surface area (Å²) in [4.78, 5) is 8.34. The van der Waals surface area contributed by atoms with Gasteiger partial charge in [0.25, 0.3) is 0 Å². The SMILES string of the molecule is CNc1nccc(Nc2ccc(OC)cc2OC)n1. The van der Waals surface area contributed by atoms with E-state index in [4.69, 9.17) is 9.47 Å². The molecule has 2 rings (SSSR count). The molecule has 0 fully saturated rings. The molecule has 0 aliphatic rings. The third kappa shape index (κ3) is 3.04. The van der Waals surface area contributed by atoms with E-state index in [0.29, 0.717) is 17.5 Å². The number of rotatable bonds is 5. The molecule has 6 nitrogen and oxygen atoms in total. The first kappa shape index (κ1) is 12.9. The monoisotopic (exact) mass is 260 g/mol. The van der Waals surface area contributed by atoms with Gasteiger partial charge in [0.05, 0.1) is 19.9 Å². The molecule has 0 aliphatic carbocycles. The summed E-state index contributed by atoms with van der Waals surface area (Å²) in [6.07, 6.45) is 1.68. The Hall–Kier alpha value is -2.50. The van der Waals surface area contributed by atoms with Gasteiger partial charge in [-0.15, -0.1) is 0 Å². The molecule has 0 aliphatic heterocycles. The van der Waals surface area contributed by atoms with Crippen molar-refractivity contribution in [3.8, 4) is 11.5 Å². The fourth-order valence-electron chi connectivity index (χ4n) is 1.59. The van der Waals surface area contributed by atoms with Crippen LogP contribution in [-0.2, 0) is 0 Å². The van der Waals surface area contributed by atoms with Crippen molar-refractivity contribution in [3.05, 3.63) is 30.5 Å². The minimum absolute atomic E-state index is 0.553. The molecule has 0 spiro atoms. The van der Waals surface area contributed by atoms with E-state index in [1.165, 1.54) is 0 Å². The topological polar surface area (TPSA) is 68.3 Å². The van der Waals surface area contributed by atoms with E-state index in [2.05, 4.69) is 20.6 Å². The number of ether oxygens (including phenoxy) is 2. The van der Waals surface area contributed by atoms with Crippen LogP contribution in [0.15, 0.2) is 30.5 Å². The Balaban J connectivity index is 2.26. The summed E-state index contributed by atoms with van der Waals surface area (Å²) in [6, 6.07) is 7.32. The highest BCUT2D eigenvalue weighted by Crippen LogP contribution is 2.30. The van der Waals surface area contributed by atoms with Crippen molar-refractivity contribution in [2.45, 2.75) is 0 Å². The van der Waals surface area contributed by atoms with Gasteiger partial charge < -0.3 is 20.1 Å². The standard InChI is InChI=1S/C13H16N4O2/c1-14-13-15-7-6-12(17-13)16-10-5-4-9(18-2)8-11(10)19-3/h4-8H,1-3H3,(H2,14,15,16,17). The fourth-order valence-corrected chi connectivity index (χ4v) is 1.59. The van der Waals surface area contributed by atoms with Crippen molar-refractivity contribution in [1.29, 1.82) is 0 Å². The van der Waals surface area contributed by atoms with Crippen LogP contribution < -0.4 is 20.1 Å². The Morgan fingerprint density at radius 3 is 2.63 bits per heavy atom. The van der Waals surface area contributed by atoms with Gasteiger partial charge in [-0.3, -0.25) is 0 Å². The first-order valence-corrected chi connectivity index (χ1v) is 5.76. The minimum Gasteiger partial charge on any atom is -0.497 e. The zero-order valence-electron chi connectivity index (χ0n) is 11.1. The van der Waals surface area contributed by atoms with E-state index < -0.39 is 0 Å². The molecular weight excluding hydrogens is 244 g/mol. The maximum atomic E-state index is 5.32. The second-order valence-corrected chi connectivity index (χ2v) is 3.71. The summed E-state index contributed by atoms with van der Waals surface area (Å²) in [5.41, 5.74) is 0.809. The largest absolute Gasteiger partial charge is 0.497 e. The van der Waals surface area contributed by atoms with E-state index in [0.717, 1.165) is 11.4 Å². The lowest BCUT2D eigenvalue weighted by Crippen LogP contribution is -2.01. The average Bonchev–Trinajstić information content (AvgIpc) is 2.48. The molecule has 0 unspecified atom stereocenters. The van der Waals surface area contributed by atoms with Crippen LogP contribution in [0.25, 0.3) is 0 Å². The number of aromatic nitrogens is 2. The van der Waals surface area contributed by atoms with Crippen molar-refractivity contribution < 1.29 is 9.47 Å². The molecule has 1 aromatic carbocycles. The first-order valence-electron chi connectivity index (χ1n) is 5.76. The van der Waals surface area contributed by atoms with Gasteiger partial charge in [-0.25, -0.2) is 4.98 Å². The van der Waals surface area contributed by atoms with Crippen molar-refractivity contribution in [2.24, 2.45) is 0 Å². The van der Waals surface area contributed by atoms with Gasteiger partial charge in [-0.05, 0) is 18.2 Å². The number of hydrogen-bond acceptors (Lipinski definition) is 6. The Labute approximate surface area is 111 Å². The molecule has 100 valence electrons. The number of nitrogens with zero attached hydrogens (tertiary/aromatic N) is 2. The highest BCUT2D eigenvalue weighted by atomic mass is 16.5. The van der Waals surface area contributed by atoms with Crippen LogP contribution in [0.3, 0.4) is 0 Å². The number of hydrogen-bond donors (Lipinski definition) is 2. The van der Waals surface area contributed by atoms with Crippen molar-refractivity contribution in [1.82, 2.24) is 9.97 Å². The second kappa shape index (κ2) is 5.90. The van der Waals surface area contributed by atoms with Crippen LogP contribution in [0.1, 0.15) is 0 Å². The summed E-state index contributed by atoms with van der Waals surface area (Å²) >= 11 is 0. The summed E-state index contributed by atoms with van der Waals surface area (Å²) in [5, 5.41) is 6.06. The van der Waals surface area contributed by atoms with E-state index in [1.54, 1.807) is 33.5 Å². The molecular formula is C13H16N4O2. The highest BCUT2D eigenvalue weighted by Gasteiger charge is 2.06. The van der Waals surface area contributed by atoms with Gasteiger partial charge in [0.2, 0.25) is 5.95 Å². The molecule has 2 N–H and O–H groups in total. The van der Waals surface area contributed by atoms with Gasteiger partial charge in [0, 0.05) is 19.3 Å². The van der Waals surface area contributed by atoms with E-state index in [-0.39, 0.29) is 0 Å². The van der Waals surface area contributed by atoms with Gasteiger partial charge in [-0.1, -0.05) is 0 Å². The van der Waals surface area contributed by atoms with Gasteiger partial charge in [-0.2, -0.15) is 4.98 Å². The molecule has 0 saturated carbocycles. The van der Waals surface area contributed by atoms with Gasteiger partial charge in [0.15, 0.2) is 0 Å². The quantitative estimate of drug-likeness (QED) is 0.859. The first-order chi connectivity index (χ1) is 9.26. The van der Waals surface area contributed by atoms with Crippen LogP contribution >= 0.6 is 0 Å². The molecule has 1 aromatic heterocycles. The predicted octanol–water partition coefficient (Wildman–Crippen LogP) is 2.28. The molecule has 0 bridgehead atoms. The number of methoxy groups -OCH3 is 2. The van der Waals surface area contributed by atoms with Crippen molar-refractivity contribution >= 4 is 17.5 Å². The van der Waals surface area contributed by atoms with Gasteiger partial charge >= 0.3 is 0 Å². The lowest BCUT2D eigenvalue weighted by atomic mass is 10.2. The molecule has 0 amide bonds. The Kier molecular flexibility index (Phi) is 4.02. The number of anilines is 3. The summed E-state index contributed by atoms with van der Waals surface area (Å²) in [5.74, 6) is 2.66. The lowest BCUT2D eigenvalue weighted by molar-refractivity contribution is 0.395. The number of nitrogens with one attached hydrogen (secondary N) is 2. The Morgan fingerprint density at radius 1 is 1.11 bits per heavy atom. The molecule has 0 atom stereocenters.